The van der Waals surface area contributed by atoms with Gasteiger partial charge in [0.25, 0.3) is 0 Å². The Morgan fingerprint density at radius 1 is 1.38 bits per heavy atom. The van der Waals surface area contributed by atoms with E-state index in [1.165, 1.54) is 0 Å². The van der Waals surface area contributed by atoms with E-state index >= 15 is 0 Å². The molecule has 1 aliphatic carbocycles. The summed E-state index contributed by atoms with van der Waals surface area (Å²) in [5.41, 5.74) is -0.0304. The quantitative estimate of drug-likeness (QED) is 0.860. The number of rotatable bonds is 3. The number of benzene rings is 1. The SMILES string of the molecule is O=C(O)C(c1cc(F)ccc1F)C1CCC1. The highest BCUT2D eigenvalue weighted by atomic mass is 19.1. The molecule has 86 valence electrons. The third-order valence-corrected chi connectivity index (χ3v) is 3.18. The predicted molar refractivity (Wildman–Crippen MR) is 54.1 cm³/mol. The van der Waals surface area contributed by atoms with Gasteiger partial charge in [-0.15, -0.1) is 0 Å². The molecule has 2 rings (SSSR count). The molecule has 0 spiro atoms. The Morgan fingerprint density at radius 2 is 2.06 bits per heavy atom. The van der Waals surface area contributed by atoms with E-state index in [0.717, 1.165) is 37.5 Å². The van der Waals surface area contributed by atoms with Crippen molar-refractivity contribution in [1.82, 2.24) is 0 Å². The smallest absolute Gasteiger partial charge is 0.311 e. The van der Waals surface area contributed by atoms with Crippen LogP contribution in [0.2, 0.25) is 0 Å². The Kier molecular flexibility index (Phi) is 2.90. The molecule has 1 N–H and O–H groups in total. The first-order valence-corrected chi connectivity index (χ1v) is 5.27. The van der Waals surface area contributed by atoms with Gasteiger partial charge in [-0.05, 0) is 37.0 Å². The maximum absolute atomic E-state index is 13.5. The van der Waals surface area contributed by atoms with Crippen molar-refractivity contribution in [3.8, 4) is 0 Å². The molecule has 0 bridgehead atoms. The molecule has 0 amide bonds. The van der Waals surface area contributed by atoms with Crippen molar-refractivity contribution in [1.29, 1.82) is 0 Å². The fraction of sp³-hybridized carbons (Fsp3) is 0.417. The highest BCUT2D eigenvalue weighted by Crippen LogP contribution is 2.40. The van der Waals surface area contributed by atoms with E-state index in [9.17, 15) is 13.6 Å². The van der Waals surface area contributed by atoms with Crippen LogP contribution in [0.5, 0.6) is 0 Å². The Bertz CT molecular complexity index is 413. The first-order valence-electron chi connectivity index (χ1n) is 5.27. The number of carboxylic acid groups (broad SMARTS) is 1. The summed E-state index contributed by atoms with van der Waals surface area (Å²) in [6, 6.07) is 2.98. The van der Waals surface area contributed by atoms with Gasteiger partial charge in [0.15, 0.2) is 0 Å². The number of carbonyl (C=O) groups is 1. The zero-order valence-corrected chi connectivity index (χ0v) is 8.62. The average Bonchev–Trinajstić information content (AvgIpc) is 2.15. The Morgan fingerprint density at radius 3 is 2.56 bits per heavy atom. The van der Waals surface area contributed by atoms with Gasteiger partial charge in [0.05, 0.1) is 5.92 Å². The van der Waals surface area contributed by atoms with Gasteiger partial charge in [0.1, 0.15) is 11.6 Å². The topological polar surface area (TPSA) is 37.3 Å². The van der Waals surface area contributed by atoms with Crippen LogP contribution in [0, 0.1) is 17.6 Å². The maximum atomic E-state index is 13.5. The van der Waals surface area contributed by atoms with Crippen LogP contribution in [0.25, 0.3) is 0 Å². The molecule has 1 unspecified atom stereocenters. The minimum absolute atomic E-state index is 0.0304. The third kappa shape index (κ3) is 1.92. The second-order valence-corrected chi connectivity index (χ2v) is 4.17. The van der Waals surface area contributed by atoms with E-state index in [1.807, 2.05) is 0 Å². The van der Waals surface area contributed by atoms with E-state index < -0.39 is 23.5 Å². The van der Waals surface area contributed by atoms with E-state index in [-0.39, 0.29) is 11.5 Å². The van der Waals surface area contributed by atoms with Crippen molar-refractivity contribution in [2.45, 2.75) is 25.2 Å². The van der Waals surface area contributed by atoms with E-state index in [4.69, 9.17) is 5.11 Å². The maximum Gasteiger partial charge on any atom is 0.311 e. The third-order valence-electron chi connectivity index (χ3n) is 3.18. The van der Waals surface area contributed by atoms with Crippen molar-refractivity contribution in [2.24, 2.45) is 5.92 Å². The summed E-state index contributed by atoms with van der Waals surface area (Å²) in [4.78, 5) is 11.1. The normalized spacial score (nSPS) is 17.9. The largest absolute Gasteiger partial charge is 0.481 e. The first kappa shape index (κ1) is 11.0. The highest BCUT2D eigenvalue weighted by molar-refractivity contribution is 5.76. The van der Waals surface area contributed by atoms with Gasteiger partial charge in [0.2, 0.25) is 0 Å². The molecule has 1 saturated carbocycles. The molecule has 1 fully saturated rings. The van der Waals surface area contributed by atoms with E-state index in [1.54, 1.807) is 0 Å². The van der Waals surface area contributed by atoms with Crippen LogP contribution >= 0.6 is 0 Å². The van der Waals surface area contributed by atoms with Crippen molar-refractivity contribution >= 4 is 5.97 Å². The van der Waals surface area contributed by atoms with Crippen molar-refractivity contribution in [3.63, 3.8) is 0 Å². The fourth-order valence-electron chi connectivity index (χ4n) is 2.11. The van der Waals surface area contributed by atoms with Gasteiger partial charge in [-0.25, -0.2) is 8.78 Å². The molecular formula is C12H12F2O2. The molecule has 1 atom stereocenters. The van der Waals surface area contributed by atoms with Crippen LogP contribution in [-0.2, 0) is 4.79 Å². The van der Waals surface area contributed by atoms with Gasteiger partial charge in [0, 0.05) is 5.56 Å². The van der Waals surface area contributed by atoms with Gasteiger partial charge in [-0.1, -0.05) is 6.42 Å². The summed E-state index contributed by atoms with van der Waals surface area (Å²) in [5, 5.41) is 9.09. The molecule has 1 aromatic rings. The van der Waals surface area contributed by atoms with Crippen LogP contribution in [-0.4, -0.2) is 11.1 Å². The van der Waals surface area contributed by atoms with E-state index in [2.05, 4.69) is 0 Å². The molecule has 0 aromatic heterocycles. The van der Waals surface area contributed by atoms with Gasteiger partial charge in [-0.2, -0.15) is 0 Å². The monoisotopic (exact) mass is 226 g/mol. The van der Waals surface area contributed by atoms with Gasteiger partial charge < -0.3 is 5.11 Å². The lowest BCUT2D eigenvalue weighted by Crippen LogP contribution is -2.27. The summed E-state index contributed by atoms with van der Waals surface area (Å²) in [5.74, 6) is -3.28. The Labute approximate surface area is 91.9 Å². The highest BCUT2D eigenvalue weighted by Gasteiger charge is 2.35. The molecule has 2 nitrogen and oxygen atoms in total. The first-order chi connectivity index (χ1) is 7.59. The number of aliphatic carboxylic acids is 1. The fourth-order valence-corrected chi connectivity index (χ4v) is 2.11. The minimum atomic E-state index is -1.07. The standard InChI is InChI=1S/C12H12F2O2/c13-8-4-5-10(14)9(6-8)11(12(15)16)7-2-1-3-7/h4-7,11H,1-3H2,(H,15,16). The van der Waals surface area contributed by atoms with Crippen LogP contribution in [0.4, 0.5) is 8.78 Å². The Balaban J connectivity index is 2.37. The van der Waals surface area contributed by atoms with Crippen molar-refractivity contribution in [2.75, 3.05) is 0 Å². The average molecular weight is 226 g/mol. The van der Waals surface area contributed by atoms with Crippen LogP contribution in [0.1, 0.15) is 30.7 Å². The van der Waals surface area contributed by atoms with Crippen LogP contribution < -0.4 is 0 Å². The molecule has 1 aliphatic rings. The lowest BCUT2D eigenvalue weighted by Gasteiger charge is -2.31. The second-order valence-electron chi connectivity index (χ2n) is 4.17. The van der Waals surface area contributed by atoms with Crippen molar-refractivity contribution in [3.05, 3.63) is 35.4 Å². The van der Waals surface area contributed by atoms with Gasteiger partial charge in [-0.3, -0.25) is 4.79 Å². The molecule has 0 radical (unpaired) electrons. The lowest BCUT2D eigenvalue weighted by atomic mass is 9.73. The Hall–Kier alpha value is -1.45. The predicted octanol–water partition coefficient (Wildman–Crippen LogP) is 2.93. The molecule has 1 aromatic carbocycles. The van der Waals surface area contributed by atoms with Crippen LogP contribution in [0.15, 0.2) is 18.2 Å². The summed E-state index contributed by atoms with van der Waals surface area (Å²) in [6.45, 7) is 0. The summed E-state index contributed by atoms with van der Waals surface area (Å²) in [6.07, 6.45) is 2.51. The lowest BCUT2D eigenvalue weighted by molar-refractivity contribution is -0.141. The molecular weight excluding hydrogens is 214 g/mol. The van der Waals surface area contributed by atoms with Gasteiger partial charge >= 0.3 is 5.97 Å². The molecule has 16 heavy (non-hydrogen) atoms. The molecule has 0 heterocycles. The van der Waals surface area contributed by atoms with Crippen molar-refractivity contribution < 1.29 is 18.7 Å². The zero-order chi connectivity index (χ0) is 11.7. The number of hydrogen-bond acceptors (Lipinski definition) is 1. The molecule has 4 heteroatoms. The summed E-state index contributed by atoms with van der Waals surface area (Å²) < 4.78 is 26.5. The minimum Gasteiger partial charge on any atom is -0.481 e. The van der Waals surface area contributed by atoms with E-state index in [0.29, 0.717) is 0 Å². The second kappa shape index (κ2) is 4.20. The number of carboxylic acids is 1. The summed E-state index contributed by atoms with van der Waals surface area (Å²) >= 11 is 0. The number of hydrogen-bond donors (Lipinski definition) is 1. The number of halogens is 2. The molecule has 0 saturated heterocycles. The van der Waals surface area contributed by atoms with Crippen LogP contribution in [0.3, 0.4) is 0 Å². The summed E-state index contributed by atoms with van der Waals surface area (Å²) in [7, 11) is 0. The zero-order valence-electron chi connectivity index (χ0n) is 8.62. The molecule has 0 aliphatic heterocycles.